The fourth-order valence-corrected chi connectivity index (χ4v) is 1.32. The number of carboxylic acid groups (broad SMARTS) is 1. The summed E-state index contributed by atoms with van der Waals surface area (Å²) in [5.41, 5.74) is -1.25. The summed E-state index contributed by atoms with van der Waals surface area (Å²) in [5.74, 6) is -1.15. The van der Waals surface area contributed by atoms with Crippen LogP contribution in [-0.2, 0) is 4.79 Å². The number of hydrogen-bond acceptors (Lipinski definition) is 3. The lowest BCUT2D eigenvalue weighted by Gasteiger charge is -2.27. The highest BCUT2D eigenvalue weighted by Gasteiger charge is 2.35. The first-order chi connectivity index (χ1) is 9.05. The van der Waals surface area contributed by atoms with E-state index in [0.29, 0.717) is 4.90 Å². The second-order valence-electron chi connectivity index (χ2n) is 4.64. The minimum Gasteiger partial charge on any atom is -0.481 e. The molecular weight excluding hydrogens is 281 g/mol. The summed E-state index contributed by atoms with van der Waals surface area (Å²) in [5, 5.41) is 19.8. The number of rotatable bonds is 7. The molecule has 0 radical (unpaired) electrons. The first kappa shape index (κ1) is 18.5. The number of aliphatic carboxylic acids is 1. The summed E-state index contributed by atoms with van der Waals surface area (Å²) >= 11 is 0. The molecule has 0 aliphatic heterocycles. The molecule has 0 spiro atoms. The Hall–Kier alpha value is -1.51. The highest BCUT2D eigenvalue weighted by molar-refractivity contribution is 5.77. The van der Waals surface area contributed by atoms with Crippen LogP contribution < -0.4 is 5.32 Å². The number of halogens is 3. The third-order valence-electron chi connectivity index (χ3n) is 2.95. The molecule has 0 saturated heterocycles. The van der Waals surface area contributed by atoms with E-state index in [2.05, 4.69) is 5.32 Å². The van der Waals surface area contributed by atoms with E-state index < -0.39 is 43.3 Å². The van der Waals surface area contributed by atoms with Crippen LogP contribution in [0.15, 0.2) is 0 Å². The van der Waals surface area contributed by atoms with Crippen LogP contribution in [0.2, 0.25) is 0 Å². The van der Waals surface area contributed by atoms with Crippen LogP contribution in [0.4, 0.5) is 18.0 Å². The van der Waals surface area contributed by atoms with Gasteiger partial charge in [-0.1, -0.05) is 6.92 Å². The van der Waals surface area contributed by atoms with E-state index in [1.807, 2.05) is 0 Å². The van der Waals surface area contributed by atoms with E-state index in [-0.39, 0.29) is 13.0 Å². The standard InChI is InChI=1S/C11H19F3N2O4/c1-3-10(2,8(18)19)6-15-9(20)16(4-5-17)7-11(12,13)14/h17H,3-7H2,1-2H3,(H,15,20)(H,18,19). The molecule has 1 atom stereocenters. The maximum Gasteiger partial charge on any atom is 0.406 e. The van der Waals surface area contributed by atoms with Gasteiger partial charge in [0.25, 0.3) is 0 Å². The van der Waals surface area contributed by atoms with Gasteiger partial charge in [0, 0.05) is 13.1 Å². The molecule has 6 nitrogen and oxygen atoms in total. The van der Waals surface area contributed by atoms with Gasteiger partial charge < -0.3 is 20.4 Å². The smallest absolute Gasteiger partial charge is 0.406 e. The Morgan fingerprint density at radius 3 is 2.20 bits per heavy atom. The van der Waals surface area contributed by atoms with E-state index in [0.717, 1.165) is 0 Å². The summed E-state index contributed by atoms with van der Waals surface area (Å²) in [4.78, 5) is 23.0. The summed E-state index contributed by atoms with van der Waals surface area (Å²) in [6, 6.07) is -1.06. The van der Waals surface area contributed by atoms with Gasteiger partial charge >= 0.3 is 18.2 Å². The van der Waals surface area contributed by atoms with Crippen molar-refractivity contribution in [2.24, 2.45) is 5.41 Å². The molecule has 1 unspecified atom stereocenters. The van der Waals surface area contributed by atoms with Gasteiger partial charge in [-0.05, 0) is 13.3 Å². The largest absolute Gasteiger partial charge is 0.481 e. The Kier molecular flexibility index (Phi) is 6.77. The number of nitrogens with one attached hydrogen (secondary N) is 1. The van der Waals surface area contributed by atoms with Crippen molar-refractivity contribution < 1.29 is 33.0 Å². The number of alkyl halides is 3. The van der Waals surface area contributed by atoms with E-state index >= 15 is 0 Å². The molecule has 0 aromatic rings. The second-order valence-corrected chi connectivity index (χ2v) is 4.64. The van der Waals surface area contributed by atoms with Crippen LogP contribution in [0.25, 0.3) is 0 Å². The lowest BCUT2D eigenvalue weighted by Crippen LogP contribution is -2.49. The fraction of sp³-hybridized carbons (Fsp3) is 0.818. The van der Waals surface area contributed by atoms with Crippen LogP contribution in [0.3, 0.4) is 0 Å². The van der Waals surface area contributed by atoms with Crippen LogP contribution in [-0.4, -0.2) is 59.5 Å². The summed E-state index contributed by atoms with van der Waals surface area (Å²) in [6.07, 6.45) is -4.38. The van der Waals surface area contributed by atoms with Crippen LogP contribution >= 0.6 is 0 Å². The average molecular weight is 300 g/mol. The number of carboxylic acids is 1. The monoisotopic (exact) mass is 300 g/mol. The van der Waals surface area contributed by atoms with Crippen molar-refractivity contribution in [1.29, 1.82) is 0 Å². The van der Waals surface area contributed by atoms with Gasteiger partial charge in [-0.3, -0.25) is 4.79 Å². The predicted octanol–water partition coefficient (Wildman–Crippen LogP) is 1.05. The maximum absolute atomic E-state index is 12.3. The number of nitrogens with zero attached hydrogens (tertiary/aromatic N) is 1. The third kappa shape index (κ3) is 6.09. The Morgan fingerprint density at radius 1 is 1.30 bits per heavy atom. The number of carbonyl (C=O) groups is 2. The topological polar surface area (TPSA) is 89.9 Å². The lowest BCUT2D eigenvalue weighted by molar-refractivity contribution is -0.148. The van der Waals surface area contributed by atoms with Gasteiger partial charge in [-0.2, -0.15) is 13.2 Å². The molecule has 9 heteroatoms. The molecule has 20 heavy (non-hydrogen) atoms. The number of hydrogen-bond donors (Lipinski definition) is 3. The fourth-order valence-electron chi connectivity index (χ4n) is 1.32. The maximum atomic E-state index is 12.3. The van der Waals surface area contributed by atoms with Gasteiger partial charge in [0.05, 0.1) is 12.0 Å². The predicted molar refractivity (Wildman–Crippen MR) is 64.1 cm³/mol. The van der Waals surface area contributed by atoms with E-state index in [4.69, 9.17) is 10.2 Å². The molecular formula is C11H19F3N2O4. The van der Waals surface area contributed by atoms with Gasteiger partial charge in [0.15, 0.2) is 0 Å². The van der Waals surface area contributed by atoms with Crippen molar-refractivity contribution in [1.82, 2.24) is 10.2 Å². The van der Waals surface area contributed by atoms with Crippen molar-refractivity contribution >= 4 is 12.0 Å². The van der Waals surface area contributed by atoms with Crippen molar-refractivity contribution in [3.05, 3.63) is 0 Å². The Labute approximate surface area is 114 Å². The highest BCUT2D eigenvalue weighted by Crippen LogP contribution is 2.20. The number of carbonyl (C=O) groups excluding carboxylic acids is 1. The minimum absolute atomic E-state index is 0.210. The molecule has 0 aliphatic rings. The lowest BCUT2D eigenvalue weighted by atomic mass is 9.88. The number of aliphatic hydroxyl groups excluding tert-OH is 1. The molecule has 3 N–H and O–H groups in total. The molecule has 0 aromatic heterocycles. The molecule has 0 rings (SSSR count). The zero-order valence-electron chi connectivity index (χ0n) is 11.3. The van der Waals surface area contributed by atoms with Gasteiger partial charge in [0.1, 0.15) is 6.54 Å². The zero-order chi connectivity index (χ0) is 16.0. The van der Waals surface area contributed by atoms with Gasteiger partial charge in [-0.25, -0.2) is 4.79 Å². The molecule has 0 heterocycles. The normalized spacial score (nSPS) is 14.5. The quantitative estimate of drug-likeness (QED) is 0.655. The molecule has 0 bridgehead atoms. The van der Waals surface area contributed by atoms with Crippen LogP contribution in [0.5, 0.6) is 0 Å². The van der Waals surface area contributed by atoms with Crippen LogP contribution in [0.1, 0.15) is 20.3 Å². The Morgan fingerprint density at radius 2 is 1.85 bits per heavy atom. The second kappa shape index (κ2) is 7.32. The van der Waals surface area contributed by atoms with E-state index in [1.54, 1.807) is 6.92 Å². The third-order valence-corrected chi connectivity index (χ3v) is 2.95. The Balaban J connectivity index is 4.65. The van der Waals surface area contributed by atoms with Crippen molar-refractivity contribution in [2.75, 3.05) is 26.2 Å². The SMILES string of the molecule is CCC(C)(CNC(=O)N(CCO)CC(F)(F)F)C(=O)O. The molecule has 0 aliphatic carbocycles. The van der Waals surface area contributed by atoms with E-state index in [9.17, 15) is 22.8 Å². The van der Waals surface area contributed by atoms with E-state index in [1.165, 1.54) is 6.92 Å². The first-order valence-corrected chi connectivity index (χ1v) is 5.99. The zero-order valence-corrected chi connectivity index (χ0v) is 11.3. The summed E-state index contributed by atoms with van der Waals surface area (Å²) in [6.45, 7) is 0.0821. The molecule has 0 aromatic carbocycles. The molecule has 118 valence electrons. The van der Waals surface area contributed by atoms with Gasteiger partial charge in [-0.15, -0.1) is 0 Å². The van der Waals surface area contributed by atoms with Crippen molar-refractivity contribution in [2.45, 2.75) is 26.4 Å². The van der Waals surface area contributed by atoms with Gasteiger partial charge in [0.2, 0.25) is 0 Å². The number of amides is 2. The molecule has 0 fully saturated rings. The first-order valence-electron chi connectivity index (χ1n) is 5.99. The van der Waals surface area contributed by atoms with Crippen LogP contribution in [0, 0.1) is 5.41 Å². The van der Waals surface area contributed by atoms with Crippen molar-refractivity contribution in [3.8, 4) is 0 Å². The average Bonchev–Trinajstić information content (AvgIpc) is 2.33. The van der Waals surface area contributed by atoms with Crippen molar-refractivity contribution in [3.63, 3.8) is 0 Å². The highest BCUT2D eigenvalue weighted by atomic mass is 19.4. The minimum atomic E-state index is -4.59. The number of urea groups is 1. The summed E-state index contributed by atoms with van der Waals surface area (Å²) in [7, 11) is 0. The number of aliphatic hydroxyl groups is 1. The Bertz CT molecular complexity index is 349. The molecule has 2 amide bonds. The summed E-state index contributed by atoms with van der Waals surface area (Å²) < 4.78 is 36.8. The molecule has 0 saturated carbocycles.